The monoisotopic (exact) mass is 534 g/mol. The summed E-state index contributed by atoms with van der Waals surface area (Å²) in [5.74, 6) is -2.61. The minimum absolute atomic E-state index is 0.291. The molecular weight excluding hydrogens is 499 g/mol. The number of hydrogen-bond acceptors (Lipinski definition) is 11. The van der Waals surface area contributed by atoms with Gasteiger partial charge in [0.15, 0.2) is 18.3 Å². The highest BCUT2D eigenvalue weighted by molar-refractivity contribution is 6.62. The molecule has 11 nitrogen and oxygen atoms in total. The van der Waals surface area contributed by atoms with Crippen molar-refractivity contribution in [2.75, 3.05) is 6.61 Å². The van der Waals surface area contributed by atoms with Crippen molar-refractivity contribution in [3.8, 4) is 0 Å². The highest BCUT2D eigenvalue weighted by Crippen LogP contribution is 2.39. The summed E-state index contributed by atoms with van der Waals surface area (Å²) in [7, 11) is -0.593. The van der Waals surface area contributed by atoms with Crippen LogP contribution >= 0.6 is 0 Å². The molecule has 208 valence electrons. The van der Waals surface area contributed by atoms with Crippen molar-refractivity contribution >= 4 is 36.5 Å². The lowest BCUT2D eigenvalue weighted by molar-refractivity contribution is -0.254. The Morgan fingerprint density at radius 3 is 1.68 bits per heavy atom. The molecule has 12 heteroatoms. The van der Waals surface area contributed by atoms with Crippen molar-refractivity contribution in [1.29, 1.82) is 0 Å². The van der Waals surface area contributed by atoms with E-state index in [0.717, 1.165) is 5.46 Å². The first-order chi connectivity index (χ1) is 17.6. The van der Waals surface area contributed by atoms with Crippen LogP contribution < -0.4 is 5.46 Å². The molecule has 2 heterocycles. The van der Waals surface area contributed by atoms with Crippen LogP contribution in [0.25, 0.3) is 0 Å². The third kappa shape index (κ3) is 6.72. The number of rotatable bonds is 7. The molecule has 0 bridgehead atoms. The van der Waals surface area contributed by atoms with Gasteiger partial charge >= 0.3 is 31.0 Å². The average Bonchev–Trinajstić information content (AvgIpc) is 3.01. The molecule has 3 rings (SSSR count). The second-order valence-corrected chi connectivity index (χ2v) is 10.4. The van der Waals surface area contributed by atoms with Gasteiger partial charge in [0.05, 0.1) is 11.2 Å². The van der Waals surface area contributed by atoms with E-state index in [-0.39, 0.29) is 6.61 Å². The number of hydrogen-bond donors (Lipinski definition) is 0. The summed E-state index contributed by atoms with van der Waals surface area (Å²) in [5, 5.41) is 0. The maximum Gasteiger partial charge on any atom is 0.494 e. The number of benzene rings is 1. The lowest BCUT2D eigenvalue weighted by Crippen LogP contribution is -2.59. The van der Waals surface area contributed by atoms with E-state index < -0.39 is 72.7 Å². The fraction of sp³-hybridized carbons (Fsp3) is 0.615. The van der Waals surface area contributed by atoms with Gasteiger partial charge in [0, 0.05) is 27.7 Å². The molecule has 0 spiro atoms. The highest BCUT2D eigenvalue weighted by Gasteiger charge is 2.53. The zero-order chi connectivity index (χ0) is 28.4. The number of carbonyl (C=O) groups excluding carboxylic acids is 4. The second-order valence-electron chi connectivity index (χ2n) is 10.4. The van der Waals surface area contributed by atoms with Crippen LogP contribution in [0, 0.1) is 0 Å². The van der Waals surface area contributed by atoms with Crippen molar-refractivity contribution in [3.63, 3.8) is 0 Å². The zero-order valence-corrected chi connectivity index (χ0v) is 23.0. The Labute approximate surface area is 222 Å². The largest absolute Gasteiger partial charge is 0.494 e. The lowest BCUT2D eigenvalue weighted by Gasteiger charge is -2.44. The molecule has 0 aliphatic carbocycles. The molecule has 2 fully saturated rings. The first-order valence-corrected chi connectivity index (χ1v) is 12.4. The third-order valence-electron chi connectivity index (χ3n) is 6.78. The molecule has 0 radical (unpaired) electrons. The first-order valence-electron chi connectivity index (χ1n) is 12.4. The zero-order valence-electron chi connectivity index (χ0n) is 23.0. The maximum absolute atomic E-state index is 12.1. The summed E-state index contributed by atoms with van der Waals surface area (Å²) >= 11 is 0. The first kappa shape index (κ1) is 29.6. The smallest absolute Gasteiger partial charge is 0.463 e. The summed E-state index contributed by atoms with van der Waals surface area (Å²) < 4.78 is 40.0. The van der Waals surface area contributed by atoms with Crippen LogP contribution in [0.1, 0.15) is 67.1 Å². The van der Waals surface area contributed by atoms with Crippen LogP contribution in [0.2, 0.25) is 0 Å². The Morgan fingerprint density at radius 2 is 1.21 bits per heavy atom. The standard InChI is InChI=1S/C26H35BO11/c1-14(28)32-13-20-22(33-15(2)29)24(35-17(4)31)23(34-16(3)30)21(36-20)18-9-11-19(12-10-18)27-37-25(5,6)26(7,8)38-27/h9-12,20-24H,13H2,1-8H3/t20?,21-,22+,23?,24-/m0/s1. The van der Waals surface area contributed by atoms with Crippen molar-refractivity contribution in [2.45, 2.75) is 97.1 Å². The fourth-order valence-corrected chi connectivity index (χ4v) is 4.32. The van der Waals surface area contributed by atoms with Gasteiger partial charge in [-0.1, -0.05) is 24.3 Å². The maximum atomic E-state index is 12.1. The van der Waals surface area contributed by atoms with Crippen LogP contribution in [0.3, 0.4) is 0 Å². The molecule has 0 amide bonds. The normalized spacial score (nSPS) is 27.8. The molecule has 2 aliphatic heterocycles. The predicted molar refractivity (Wildman–Crippen MR) is 133 cm³/mol. The van der Waals surface area contributed by atoms with Crippen LogP contribution in [-0.2, 0) is 52.2 Å². The predicted octanol–water partition coefficient (Wildman–Crippen LogP) is 1.78. The molecule has 2 aliphatic rings. The Balaban J connectivity index is 1.98. The van der Waals surface area contributed by atoms with Crippen molar-refractivity contribution in [1.82, 2.24) is 0 Å². The summed E-state index contributed by atoms with van der Waals surface area (Å²) in [6.07, 6.45) is -5.59. The van der Waals surface area contributed by atoms with E-state index in [4.69, 9.17) is 33.0 Å². The Hall–Kier alpha value is -2.96. The van der Waals surface area contributed by atoms with E-state index >= 15 is 0 Å². The van der Waals surface area contributed by atoms with Gasteiger partial charge in [-0.25, -0.2) is 0 Å². The molecule has 2 saturated heterocycles. The molecule has 0 saturated carbocycles. The molecule has 1 aromatic carbocycles. The van der Waals surface area contributed by atoms with Gasteiger partial charge in [0.25, 0.3) is 0 Å². The Morgan fingerprint density at radius 1 is 0.737 bits per heavy atom. The van der Waals surface area contributed by atoms with Crippen LogP contribution in [0.5, 0.6) is 0 Å². The molecule has 0 N–H and O–H groups in total. The van der Waals surface area contributed by atoms with E-state index in [2.05, 4.69) is 0 Å². The van der Waals surface area contributed by atoms with Gasteiger partial charge in [-0.05, 0) is 38.7 Å². The van der Waals surface area contributed by atoms with Gasteiger partial charge in [0.1, 0.15) is 18.8 Å². The van der Waals surface area contributed by atoms with Gasteiger partial charge in [-0.15, -0.1) is 0 Å². The number of esters is 4. The van der Waals surface area contributed by atoms with Gasteiger partial charge in [-0.2, -0.15) is 0 Å². The summed E-state index contributed by atoms with van der Waals surface area (Å²) in [6.45, 7) is 12.3. The van der Waals surface area contributed by atoms with Gasteiger partial charge in [0.2, 0.25) is 0 Å². The van der Waals surface area contributed by atoms with E-state index in [1.807, 2.05) is 27.7 Å². The summed E-state index contributed by atoms with van der Waals surface area (Å²) in [5.41, 5.74) is 0.299. The van der Waals surface area contributed by atoms with E-state index in [9.17, 15) is 19.2 Å². The quantitative estimate of drug-likeness (QED) is 0.288. The topological polar surface area (TPSA) is 133 Å². The van der Waals surface area contributed by atoms with Crippen molar-refractivity contribution < 1.29 is 52.2 Å². The lowest BCUT2D eigenvalue weighted by atomic mass is 9.78. The number of ether oxygens (including phenoxy) is 5. The Bertz CT molecular complexity index is 1040. The fourth-order valence-electron chi connectivity index (χ4n) is 4.32. The minimum atomic E-state index is -1.23. The highest BCUT2D eigenvalue weighted by atomic mass is 16.7. The SMILES string of the molecule is CC(=O)OCC1O[C@@H](c2ccc(B3OC(C)(C)C(C)(C)O3)cc2)C(OC(C)=O)[C@@H](OC(C)=O)[C@@H]1OC(C)=O. The molecular formula is C26H35BO11. The van der Waals surface area contributed by atoms with E-state index in [1.54, 1.807) is 24.3 Å². The average molecular weight is 534 g/mol. The minimum Gasteiger partial charge on any atom is -0.463 e. The molecule has 1 aromatic rings. The molecule has 38 heavy (non-hydrogen) atoms. The van der Waals surface area contributed by atoms with Crippen molar-refractivity contribution in [3.05, 3.63) is 29.8 Å². The van der Waals surface area contributed by atoms with E-state index in [1.165, 1.54) is 27.7 Å². The van der Waals surface area contributed by atoms with Crippen LogP contribution in [0.15, 0.2) is 24.3 Å². The summed E-state index contributed by atoms with van der Waals surface area (Å²) in [4.78, 5) is 47.5. The third-order valence-corrected chi connectivity index (χ3v) is 6.78. The van der Waals surface area contributed by atoms with Gasteiger partial charge < -0.3 is 33.0 Å². The number of carbonyl (C=O) groups is 4. The Kier molecular flexibility index (Phi) is 8.90. The molecule has 0 aromatic heterocycles. The second kappa shape index (κ2) is 11.4. The van der Waals surface area contributed by atoms with Gasteiger partial charge in [-0.3, -0.25) is 19.2 Å². The summed E-state index contributed by atoms with van der Waals surface area (Å²) in [6, 6.07) is 7.10. The molecule has 2 unspecified atom stereocenters. The van der Waals surface area contributed by atoms with Crippen LogP contribution in [0.4, 0.5) is 0 Å². The molecule has 5 atom stereocenters. The van der Waals surface area contributed by atoms with Crippen LogP contribution in [-0.4, -0.2) is 73.2 Å². The van der Waals surface area contributed by atoms with Crippen molar-refractivity contribution in [2.24, 2.45) is 0 Å². The van der Waals surface area contributed by atoms with E-state index in [0.29, 0.717) is 5.56 Å².